The molecule has 2 aliphatic heterocycles. The molecule has 0 aliphatic carbocycles. The summed E-state index contributed by atoms with van der Waals surface area (Å²) in [6, 6.07) is 8.40. The van der Waals surface area contributed by atoms with Crippen molar-refractivity contribution in [2.75, 3.05) is 42.5 Å². The number of rotatable bonds is 4. The van der Waals surface area contributed by atoms with Gasteiger partial charge in [0.05, 0.1) is 16.6 Å². The van der Waals surface area contributed by atoms with Crippen molar-refractivity contribution < 1.29 is 31.1 Å². The minimum atomic E-state index is -4.73. The van der Waals surface area contributed by atoms with Crippen LogP contribution in [0.25, 0.3) is 0 Å². The number of β-amino-alcohol motifs (C(OH)–C–C–N with tert-alkyl or cyclic N) is 1. The van der Waals surface area contributed by atoms with Crippen LogP contribution in [0.15, 0.2) is 47.4 Å². The third kappa shape index (κ3) is 4.80. The van der Waals surface area contributed by atoms with Gasteiger partial charge < -0.3 is 14.9 Å². The quantitative estimate of drug-likeness (QED) is 0.671. The van der Waals surface area contributed by atoms with Gasteiger partial charge in [0.2, 0.25) is 10.0 Å². The van der Waals surface area contributed by atoms with E-state index in [1.165, 1.54) is 15.3 Å². The Hall–Kier alpha value is -2.37. The monoisotopic (exact) mass is 487 g/mol. The van der Waals surface area contributed by atoms with Crippen molar-refractivity contribution >= 4 is 21.4 Å². The average Bonchev–Trinajstić information content (AvgIpc) is 3.19. The second-order valence-corrected chi connectivity index (χ2v) is 10.3. The molecular weight excluding hydrogens is 462 g/mol. The molecule has 2 aliphatic rings. The van der Waals surface area contributed by atoms with E-state index >= 15 is 0 Å². The third-order valence-corrected chi connectivity index (χ3v) is 8.13. The van der Waals surface area contributed by atoms with Crippen LogP contribution in [0.2, 0.25) is 0 Å². The third-order valence-electron chi connectivity index (χ3n) is 6.12. The first kappa shape index (κ1) is 23.8. The molecule has 33 heavy (non-hydrogen) atoms. The highest BCUT2D eigenvalue weighted by Gasteiger charge is 2.39. The number of anilines is 2. The van der Waals surface area contributed by atoms with Gasteiger partial charge in [-0.05, 0) is 49.7 Å². The smallest absolute Gasteiger partial charge is 0.391 e. The fourth-order valence-electron chi connectivity index (χ4n) is 4.48. The maximum Gasteiger partial charge on any atom is 0.418 e. The lowest BCUT2D eigenvalue weighted by atomic mass is 10.1. The topological polar surface area (TPSA) is 64.1 Å². The number of hydrogen-bond donors (Lipinski definition) is 1. The van der Waals surface area contributed by atoms with Crippen LogP contribution in [0.3, 0.4) is 0 Å². The summed E-state index contributed by atoms with van der Waals surface area (Å²) in [6.45, 7) is 2.75. The molecule has 1 unspecified atom stereocenters. The Labute approximate surface area is 190 Å². The summed E-state index contributed by atoms with van der Waals surface area (Å²) in [7, 11) is -3.89. The van der Waals surface area contributed by atoms with Gasteiger partial charge in [0.1, 0.15) is 5.82 Å². The molecule has 6 nitrogen and oxygen atoms in total. The standard InChI is InChI=1S/C22H25F4N3O3S/c1-15-13-28(21-6-5-16(23)11-20(21)22(24,25)26)9-10-29(15)33(31,32)19-4-2-3-17(12-19)27-8-7-18(30)14-27/h2-6,11-12,15,18,30H,7-10,13-14H2,1H3/t15-,18?/m1/s1. The lowest BCUT2D eigenvalue weighted by Crippen LogP contribution is -2.54. The van der Waals surface area contributed by atoms with Crippen molar-refractivity contribution in [3.8, 4) is 0 Å². The molecule has 2 aromatic rings. The number of sulfonamides is 1. The molecule has 0 spiro atoms. The molecule has 2 fully saturated rings. The Morgan fingerprint density at radius 2 is 1.76 bits per heavy atom. The lowest BCUT2D eigenvalue weighted by molar-refractivity contribution is -0.137. The van der Waals surface area contributed by atoms with Crippen LogP contribution in [-0.4, -0.2) is 62.7 Å². The number of alkyl halides is 3. The largest absolute Gasteiger partial charge is 0.418 e. The molecule has 180 valence electrons. The van der Waals surface area contributed by atoms with E-state index in [0.717, 1.165) is 12.1 Å². The summed E-state index contributed by atoms with van der Waals surface area (Å²) in [5.74, 6) is -0.981. The van der Waals surface area contributed by atoms with E-state index in [9.17, 15) is 31.1 Å². The number of piperazine rings is 1. The van der Waals surface area contributed by atoms with Gasteiger partial charge in [0.15, 0.2) is 0 Å². The zero-order valence-electron chi connectivity index (χ0n) is 18.0. The number of hydrogen-bond acceptors (Lipinski definition) is 5. The second kappa shape index (κ2) is 8.77. The second-order valence-electron chi connectivity index (χ2n) is 8.46. The molecule has 0 radical (unpaired) electrons. The number of aliphatic hydroxyl groups is 1. The minimum absolute atomic E-state index is 0.00910. The Kier molecular flexibility index (Phi) is 6.32. The van der Waals surface area contributed by atoms with Crippen LogP contribution >= 0.6 is 0 Å². The van der Waals surface area contributed by atoms with Crippen molar-refractivity contribution in [3.63, 3.8) is 0 Å². The van der Waals surface area contributed by atoms with Crippen molar-refractivity contribution in [1.29, 1.82) is 0 Å². The molecule has 11 heteroatoms. The van der Waals surface area contributed by atoms with E-state index in [1.807, 2.05) is 4.90 Å². The van der Waals surface area contributed by atoms with Gasteiger partial charge >= 0.3 is 6.18 Å². The van der Waals surface area contributed by atoms with E-state index in [2.05, 4.69) is 0 Å². The van der Waals surface area contributed by atoms with Gasteiger partial charge in [-0.2, -0.15) is 17.5 Å². The maximum absolute atomic E-state index is 13.5. The first-order valence-electron chi connectivity index (χ1n) is 10.6. The van der Waals surface area contributed by atoms with Crippen molar-refractivity contribution in [1.82, 2.24) is 4.31 Å². The van der Waals surface area contributed by atoms with Crippen LogP contribution in [0.1, 0.15) is 18.9 Å². The highest BCUT2D eigenvalue weighted by atomic mass is 32.2. The summed E-state index contributed by atoms with van der Waals surface area (Å²) in [5.41, 5.74) is -0.547. The molecule has 4 rings (SSSR count). The van der Waals surface area contributed by atoms with Crippen LogP contribution < -0.4 is 9.80 Å². The average molecular weight is 488 g/mol. The van der Waals surface area contributed by atoms with Gasteiger partial charge in [-0.15, -0.1) is 0 Å². The van der Waals surface area contributed by atoms with Gasteiger partial charge in [0.25, 0.3) is 0 Å². The van der Waals surface area contributed by atoms with Crippen molar-refractivity contribution in [2.24, 2.45) is 0 Å². The van der Waals surface area contributed by atoms with E-state index < -0.39 is 39.7 Å². The van der Waals surface area contributed by atoms with Crippen molar-refractivity contribution in [3.05, 3.63) is 53.8 Å². The Morgan fingerprint density at radius 3 is 2.39 bits per heavy atom. The predicted molar refractivity (Wildman–Crippen MR) is 116 cm³/mol. The summed E-state index contributed by atoms with van der Waals surface area (Å²) < 4.78 is 81.8. The van der Waals surface area contributed by atoms with Crippen LogP contribution in [0.5, 0.6) is 0 Å². The van der Waals surface area contributed by atoms with E-state index in [1.54, 1.807) is 25.1 Å². The molecule has 1 N–H and O–H groups in total. The fraction of sp³-hybridized carbons (Fsp3) is 0.455. The molecule has 0 bridgehead atoms. The highest BCUT2D eigenvalue weighted by molar-refractivity contribution is 7.89. The maximum atomic E-state index is 13.5. The molecule has 0 aromatic heterocycles. The molecule has 2 atom stereocenters. The summed E-state index contributed by atoms with van der Waals surface area (Å²) in [5, 5.41) is 9.77. The van der Waals surface area contributed by atoms with Crippen LogP contribution in [-0.2, 0) is 16.2 Å². The van der Waals surface area contributed by atoms with Gasteiger partial charge in [0, 0.05) is 50.1 Å². The lowest BCUT2D eigenvalue weighted by Gasteiger charge is -2.40. The SMILES string of the molecule is C[C@@H]1CN(c2ccc(F)cc2C(F)(F)F)CCN1S(=O)(=O)c1cccc(N2CCC(O)C2)c1. The molecule has 2 heterocycles. The molecule has 2 aromatic carbocycles. The zero-order valence-corrected chi connectivity index (χ0v) is 18.8. The Bertz CT molecular complexity index is 1130. The van der Waals surface area contributed by atoms with E-state index in [-0.39, 0.29) is 30.2 Å². The predicted octanol–water partition coefficient (Wildman–Crippen LogP) is 3.31. The summed E-state index contributed by atoms with van der Waals surface area (Å²) >= 11 is 0. The highest BCUT2D eigenvalue weighted by Crippen LogP contribution is 2.38. The van der Waals surface area contributed by atoms with Gasteiger partial charge in [-0.3, -0.25) is 0 Å². The number of benzene rings is 2. The summed E-state index contributed by atoms with van der Waals surface area (Å²) in [4.78, 5) is 3.46. The Morgan fingerprint density at radius 1 is 1.00 bits per heavy atom. The number of aliphatic hydroxyl groups excluding tert-OH is 1. The normalized spacial score (nSPS) is 22.7. The number of nitrogens with zero attached hydrogens (tertiary/aromatic N) is 3. The van der Waals surface area contributed by atoms with Gasteiger partial charge in [-0.1, -0.05) is 6.07 Å². The van der Waals surface area contributed by atoms with E-state index in [4.69, 9.17) is 0 Å². The number of halogens is 4. The molecular formula is C22H25F4N3O3S. The molecule has 0 amide bonds. The molecule has 2 saturated heterocycles. The minimum Gasteiger partial charge on any atom is -0.391 e. The molecule has 0 saturated carbocycles. The zero-order chi connectivity index (χ0) is 24.0. The van der Waals surface area contributed by atoms with Crippen LogP contribution in [0, 0.1) is 5.82 Å². The first-order valence-corrected chi connectivity index (χ1v) is 12.1. The summed E-state index contributed by atoms with van der Waals surface area (Å²) in [6.07, 6.45) is -4.57. The Balaban J connectivity index is 1.55. The van der Waals surface area contributed by atoms with Crippen molar-refractivity contribution in [2.45, 2.75) is 36.6 Å². The van der Waals surface area contributed by atoms with Crippen LogP contribution in [0.4, 0.5) is 28.9 Å². The van der Waals surface area contributed by atoms with Gasteiger partial charge in [-0.25, -0.2) is 12.8 Å². The fourth-order valence-corrected chi connectivity index (χ4v) is 6.13. The van der Waals surface area contributed by atoms with E-state index in [0.29, 0.717) is 31.3 Å². The first-order chi connectivity index (χ1) is 15.5.